The van der Waals surface area contributed by atoms with Gasteiger partial charge in [0.15, 0.2) is 0 Å². The summed E-state index contributed by atoms with van der Waals surface area (Å²) >= 11 is 1.49. The van der Waals surface area contributed by atoms with Gasteiger partial charge >= 0.3 is 0 Å². The van der Waals surface area contributed by atoms with E-state index in [1.54, 1.807) is 19.4 Å². The third kappa shape index (κ3) is 3.30. The van der Waals surface area contributed by atoms with E-state index < -0.39 is 0 Å². The third-order valence-electron chi connectivity index (χ3n) is 4.54. The molecule has 0 saturated heterocycles. The predicted molar refractivity (Wildman–Crippen MR) is 111 cm³/mol. The summed E-state index contributed by atoms with van der Waals surface area (Å²) in [7, 11) is 1.63. The Bertz CT molecular complexity index is 1200. The highest BCUT2D eigenvalue weighted by Gasteiger charge is 2.19. The lowest BCUT2D eigenvalue weighted by Gasteiger charge is -2.12. The smallest absolute Gasteiger partial charge is 0.279 e. The zero-order valence-electron chi connectivity index (χ0n) is 15.3. The van der Waals surface area contributed by atoms with Crippen molar-refractivity contribution in [3.8, 4) is 11.1 Å². The number of rotatable bonds is 6. The molecule has 3 aromatic heterocycles. The highest BCUT2D eigenvalue weighted by molar-refractivity contribution is 7.18. The maximum atomic E-state index is 13.1. The molecule has 4 rings (SSSR count). The Morgan fingerprint density at radius 1 is 1.25 bits per heavy atom. The minimum absolute atomic E-state index is 0.228. The molecule has 0 saturated carbocycles. The van der Waals surface area contributed by atoms with Gasteiger partial charge < -0.3 is 10.1 Å². The minimum atomic E-state index is -0.243. The lowest BCUT2D eigenvalue weighted by atomic mass is 10.0. The van der Waals surface area contributed by atoms with Gasteiger partial charge in [-0.3, -0.25) is 9.59 Å². The SMILES string of the molecule is COCCCNC(=O)c1cc(-c2ccccc2)c(=O)n2ncc3ccsc3c12. The second kappa shape index (κ2) is 7.92. The van der Waals surface area contributed by atoms with Crippen molar-refractivity contribution < 1.29 is 9.53 Å². The second-order valence-corrected chi connectivity index (χ2v) is 7.27. The zero-order chi connectivity index (χ0) is 19.5. The van der Waals surface area contributed by atoms with Gasteiger partial charge in [0.25, 0.3) is 11.5 Å². The Balaban J connectivity index is 1.92. The first-order valence-corrected chi connectivity index (χ1v) is 9.83. The fourth-order valence-electron chi connectivity index (χ4n) is 3.18. The van der Waals surface area contributed by atoms with Gasteiger partial charge in [-0.1, -0.05) is 30.3 Å². The highest BCUT2D eigenvalue weighted by atomic mass is 32.1. The first-order valence-electron chi connectivity index (χ1n) is 8.95. The van der Waals surface area contributed by atoms with Crippen LogP contribution >= 0.6 is 11.3 Å². The molecule has 0 bridgehead atoms. The molecular weight excluding hydrogens is 374 g/mol. The van der Waals surface area contributed by atoms with Crippen molar-refractivity contribution >= 4 is 32.8 Å². The van der Waals surface area contributed by atoms with Crippen LogP contribution in [0.1, 0.15) is 16.8 Å². The van der Waals surface area contributed by atoms with Gasteiger partial charge in [-0.2, -0.15) is 9.61 Å². The molecule has 28 heavy (non-hydrogen) atoms. The zero-order valence-corrected chi connectivity index (χ0v) is 16.2. The maximum absolute atomic E-state index is 13.1. The average Bonchev–Trinajstić information content (AvgIpc) is 3.21. The Morgan fingerprint density at radius 3 is 2.86 bits per heavy atom. The molecule has 0 spiro atoms. The van der Waals surface area contributed by atoms with Gasteiger partial charge in [-0.05, 0) is 29.5 Å². The Labute approximate surface area is 165 Å². The molecule has 0 fully saturated rings. The number of carbonyl (C=O) groups excluding carboxylic acids is 1. The number of hydrogen-bond donors (Lipinski definition) is 1. The molecule has 6 nitrogen and oxygen atoms in total. The maximum Gasteiger partial charge on any atom is 0.279 e. The largest absolute Gasteiger partial charge is 0.385 e. The Kier molecular flexibility index (Phi) is 5.18. The number of hydrogen-bond acceptors (Lipinski definition) is 5. The van der Waals surface area contributed by atoms with Crippen molar-refractivity contribution in [1.82, 2.24) is 14.9 Å². The summed E-state index contributed by atoms with van der Waals surface area (Å²) in [5, 5.41) is 10.1. The molecule has 1 amide bonds. The van der Waals surface area contributed by atoms with E-state index in [9.17, 15) is 9.59 Å². The van der Waals surface area contributed by atoms with Crippen LogP contribution in [0.3, 0.4) is 0 Å². The van der Waals surface area contributed by atoms with Crippen LogP contribution < -0.4 is 10.9 Å². The number of aromatic nitrogens is 2. The summed E-state index contributed by atoms with van der Waals surface area (Å²) in [6.45, 7) is 1.06. The molecule has 3 heterocycles. The van der Waals surface area contributed by atoms with Crippen LogP contribution in [0.2, 0.25) is 0 Å². The second-order valence-electron chi connectivity index (χ2n) is 6.36. The van der Waals surface area contributed by atoms with Crippen LogP contribution in [0.15, 0.2) is 58.8 Å². The Morgan fingerprint density at radius 2 is 2.07 bits per heavy atom. The van der Waals surface area contributed by atoms with Crippen LogP contribution in [0.4, 0.5) is 0 Å². The molecule has 142 valence electrons. The number of benzene rings is 1. The quantitative estimate of drug-likeness (QED) is 0.510. The van der Waals surface area contributed by atoms with Gasteiger partial charge in [0, 0.05) is 31.2 Å². The van der Waals surface area contributed by atoms with Crippen molar-refractivity contribution in [1.29, 1.82) is 0 Å². The number of nitrogens with one attached hydrogen (secondary N) is 1. The number of amides is 1. The van der Waals surface area contributed by atoms with E-state index >= 15 is 0 Å². The topological polar surface area (TPSA) is 72.7 Å². The van der Waals surface area contributed by atoms with Crippen molar-refractivity contribution in [2.45, 2.75) is 6.42 Å². The molecule has 0 aliphatic heterocycles. The monoisotopic (exact) mass is 393 g/mol. The fourth-order valence-corrected chi connectivity index (χ4v) is 4.09. The summed E-state index contributed by atoms with van der Waals surface area (Å²) in [6.07, 6.45) is 2.38. The fraction of sp³-hybridized carbons (Fsp3) is 0.190. The molecular formula is C21H19N3O3S. The predicted octanol–water partition coefficient (Wildman–Crippen LogP) is 3.34. The lowest BCUT2D eigenvalue weighted by Crippen LogP contribution is -2.28. The van der Waals surface area contributed by atoms with Gasteiger partial charge in [0.05, 0.1) is 22.0 Å². The van der Waals surface area contributed by atoms with Gasteiger partial charge in [-0.15, -0.1) is 11.3 Å². The van der Waals surface area contributed by atoms with Crippen LogP contribution in [-0.4, -0.2) is 35.8 Å². The van der Waals surface area contributed by atoms with Gasteiger partial charge in [0.2, 0.25) is 0 Å². The van der Waals surface area contributed by atoms with E-state index in [1.807, 2.05) is 41.8 Å². The van der Waals surface area contributed by atoms with E-state index in [-0.39, 0.29) is 11.5 Å². The van der Waals surface area contributed by atoms with Crippen LogP contribution in [0, 0.1) is 0 Å². The third-order valence-corrected chi connectivity index (χ3v) is 5.48. The van der Waals surface area contributed by atoms with E-state index in [1.165, 1.54) is 15.9 Å². The molecule has 1 aromatic carbocycles. The number of fused-ring (bicyclic) bond motifs is 3. The number of thiophene rings is 1. The number of nitrogens with zero attached hydrogens (tertiary/aromatic N) is 2. The molecule has 0 atom stereocenters. The molecule has 0 radical (unpaired) electrons. The highest BCUT2D eigenvalue weighted by Crippen LogP contribution is 2.28. The normalized spacial score (nSPS) is 11.2. The van der Waals surface area contributed by atoms with Gasteiger partial charge in [0.1, 0.15) is 0 Å². The molecule has 7 heteroatoms. The first-order chi connectivity index (χ1) is 13.7. The first kappa shape index (κ1) is 18.3. The van der Waals surface area contributed by atoms with E-state index in [0.717, 1.165) is 15.6 Å². The number of methoxy groups -OCH3 is 1. The van der Waals surface area contributed by atoms with Crippen LogP contribution in [-0.2, 0) is 4.74 Å². The van der Waals surface area contributed by atoms with Crippen LogP contribution in [0.5, 0.6) is 0 Å². The van der Waals surface area contributed by atoms with Gasteiger partial charge in [-0.25, -0.2) is 0 Å². The van der Waals surface area contributed by atoms with E-state index in [0.29, 0.717) is 36.2 Å². The summed E-state index contributed by atoms with van der Waals surface area (Å²) in [6, 6.07) is 12.9. The molecule has 0 aliphatic carbocycles. The number of carbonyl (C=O) groups is 1. The molecule has 0 aliphatic rings. The summed E-state index contributed by atoms with van der Waals surface area (Å²) in [5.74, 6) is -0.228. The van der Waals surface area contributed by atoms with Crippen LogP contribution in [0.25, 0.3) is 26.7 Å². The van der Waals surface area contributed by atoms with Crippen molar-refractivity contribution in [3.63, 3.8) is 0 Å². The number of pyridine rings is 1. The summed E-state index contributed by atoms with van der Waals surface area (Å²) in [4.78, 5) is 26.1. The van der Waals surface area contributed by atoms with E-state index in [4.69, 9.17) is 4.74 Å². The average molecular weight is 393 g/mol. The molecule has 1 N–H and O–H groups in total. The number of ether oxygens (including phenoxy) is 1. The van der Waals surface area contributed by atoms with E-state index in [2.05, 4.69) is 10.4 Å². The molecule has 4 aromatic rings. The summed E-state index contributed by atoms with van der Waals surface area (Å²) in [5.41, 5.74) is 1.94. The minimum Gasteiger partial charge on any atom is -0.385 e. The summed E-state index contributed by atoms with van der Waals surface area (Å²) < 4.78 is 7.24. The molecule has 0 unspecified atom stereocenters. The standard InChI is InChI=1S/C21H19N3O3S/c1-27-10-5-9-22-20(25)17-12-16(14-6-3-2-4-7-14)21(26)24-18(17)19-15(13-23-24)8-11-28-19/h2-4,6-8,11-13H,5,9-10H2,1H3,(H,22,25). The van der Waals surface area contributed by atoms with Crippen molar-refractivity contribution in [3.05, 3.63) is 70.0 Å². The van der Waals surface area contributed by atoms with Crippen molar-refractivity contribution in [2.75, 3.05) is 20.3 Å². The lowest BCUT2D eigenvalue weighted by molar-refractivity contribution is 0.0950. The Hall–Kier alpha value is -3.03. The van der Waals surface area contributed by atoms with Crippen molar-refractivity contribution in [2.24, 2.45) is 0 Å².